The van der Waals surface area contributed by atoms with Gasteiger partial charge in [0.05, 0.1) is 12.4 Å². The molecule has 30 heavy (non-hydrogen) atoms. The molecule has 1 amide bonds. The summed E-state index contributed by atoms with van der Waals surface area (Å²) in [6.45, 7) is 0.201. The predicted molar refractivity (Wildman–Crippen MR) is 117 cm³/mol. The molecule has 2 aromatic heterocycles. The van der Waals surface area contributed by atoms with Crippen molar-refractivity contribution >= 4 is 39.6 Å². The number of likely N-dealkylation sites (N-methyl/N-ethyl adjacent to an activating group) is 1. The Hall–Kier alpha value is -3.16. The van der Waals surface area contributed by atoms with Gasteiger partial charge in [0.25, 0.3) is 5.56 Å². The van der Waals surface area contributed by atoms with Crippen molar-refractivity contribution in [1.82, 2.24) is 19.8 Å². The van der Waals surface area contributed by atoms with Crippen LogP contribution in [-0.2, 0) is 11.3 Å². The first-order valence-electron chi connectivity index (χ1n) is 9.50. The number of hydrogen-bond donors (Lipinski definition) is 1. The molecule has 1 atom stereocenters. The van der Waals surface area contributed by atoms with E-state index in [0.717, 1.165) is 10.9 Å². The van der Waals surface area contributed by atoms with Crippen molar-refractivity contribution in [3.05, 3.63) is 75.8 Å². The first-order chi connectivity index (χ1) is 14.5. The van der Waals surface area contributed by atoms with E-state index in [2.05, 4.69) is 10.3 Å². The van der Waals surface area contributed by atoms with Crippen LogP contribution in [-0.4, -0.2) is 41.0 Å². The second-order valence-electron chi connectivity index (χ2n) is 7.26. The number of nitrogens with one attached hydrogen (secondary N) is 1. The Kier molecular flexibility index (Phi) is 5.57. The number of benzene rings is 2. The van der Waals surface area contributed by atoms with Gasteiger partial charge < -0.3 is 14.6 Å². The number of amides is 1. The van der Waals surface area contributed by atoms with Crippen LogP contribution < -0.4 is 10.9 Å². The fraction of sp³-hybridized carbons (Fsp3) is 0.227. The van der Waals surface area contributed by atoms with Crippen molar-refractivity contribution in [3.8, 4) is 0 Å². The van der Waals surface area contributed by atoms with Crippen molar-refractivity contribution in [2.24, 2.45) is 0 Å². The van der Waals surface area contributed by atoms with Crippen LogP contribution in [0.1, 0.15) is 11.6 Å². The minimum absolute atomic E-state index is 0.102. The lowest BCUT2D eigenvalue weighted by molar-refractivity contribution is -0.121. The average Bonchev–Trinajstić information content (AvgIpc) is 3.11. The van der Waals surface area contributed by atoms with E-state index in [4.69, 9.17) is 16.0 Å². The molecule has 0 aliphatic heterocycles. The second kappa shape index (κ2) is 8.30. The Labute approximate surface area is 177 Å². The molecule has 0 saturated heterocycles. The molecule has 7 nitrogen and oxygen atoms in total. The van der Waals surface area contributed by atoms with Gasteiger partial charge in [-0.1, -0.05) is 41.9 Å². The van der Waals surface area contributed by atoms with Gasteiger partial charge in [-0.3, -0.25) is 14.2 Å². The van der Waals surface area contributed by atoms with Gasteiger partial charge in [0, 0.05) is 17.0 Å². The molecule has 0 fully saturated rings. The van der Waals surface area contributed by atoms with Crippen LogP contribution in [0.15, 0.2) is 64.1 Å². The molecule has 0 saturated carbocycles. The molecule has 154 valence electrons. The third-order valence-corrected chi connectivity index (χ3v) is 5.39. The van der Waals surface area contributed by atoms with Crippen LogP contribution in [0.4, 0.5) is 0 Å². The molecule has 1 unspecified atom stereocenters. The normalized spacial score (nSPS) is 12.5. The Morgan fingerprint density at radius 3 is 2.70 bits per heavy atom. The van der Waals surface area contributed by atoms with E-state index in [9.17, 15) is 9.59 Å². The third kappa shape index (κ3) is 3.81. The van der Waals surface area contributed by atoms with E-state index in [1.165, 1.54) is 10.9 Å². The molecule has 0 spiro atoms. The Bertz CT molecular complexity index is 1280. The molecule has 2 heterocycles. The van der Waals surface area contributed by atoms with Crippen LogP contribution in [0.3, 0.4) is 0 Å². The molecule has 4 aromatic rings. The van der Waals surface area contributed by atoms with Gasteiger partial charge in [0.1, 0.15) is 17.6 Å². The maximum absolute atomic E-state index is 12.8. The zero-order valence-electron chi connectivity index (χ0n) is 16.6. The summed E-state index contributed by atoms with van der Waals surface area (Å²) in [4.78, 5) is 31.6. The van der Waals surface area contributed by atoms with Gasteiger partial charge in [0.15, 0.2) is 0 Å². The molecule has 0 aliphatic rings. The van der Waals surface area contributed by atoms with Crippen LogP contribution in [0.5, 0.6) is 0 Å². The molecule has 1 N–H and O–H groups in total. The Balaban J connectivity index is 1.52. The van der Waals surface area contributed by atoms with Gasteiger partial charge in [0.2, 0.25) is 11.5 Å². The number of nitrogens with zero attached hydrogens (tertiary/aromatic N) is 3. The number of carbonyl (C=O) groups excluding carboxylic acids is 1. The van der Waals surface area contributed by atoms with Gasteiger partial charge in [-0.2, -0.15) is 0 Å². The highest BCUT2D eigenvalue weighted by atomic mass is 35.5. The largest absolute Gasteiger partial charge is 0.448 e. The van der Waals surface area contributed by atoms with E-state index >= 15 is 0 Å². The van der Waals surface area contributed by atoms with E-state index in [1.807, 2.05) is 61.5 Å². The van der Waals surface area contributed by atoms with E-state index in [-0.39, 0.29) is 29.6 Å². The summed E-state index contributed by atoms with van der Waals surface area (Å²) >= 11 is 6.31. The summed E-state index contributed by atoms with van der Waals surface area (Å²) in [5, 5.41) is 4.30. The van der Waals surface area contributed by atoms with Crippen molar-refractivity contribution in [2.75, 3.05) is 20.6 Å². The lowest BCUT2D eigenvalue weighted by Crippen LogP contribution is -2.38. The SMILES string of the molecule is CN(C)C(CNC(=O)Cn1cnc2c(oc3ccccc32)c1=O)c1ccccc1Cl. The molecule has 4 rings (SSSR count). The molecule has 8 heteroatoms. The summed E-state index contributed by atoms with van der Waals surface area (Å²) in [5.41, 5.74) is 1.77. The maximum Gasteiger partial charge on any atom is 0.297 e. The fourth-order valence-corrected chi connectivity index (χ4v) is 3.73. The minimum atomic E-state index is -0.387. The number of halogens is 1. The zero-order chi connectivity index (χ0) is 21.3. The third-order valence-electron chi connectivity index (χ3n) is 5.04. The first-order valence-corrected chi connectivity index (χ1v) is 9.87. The number of carbonyl (C=O) groups is 1. The van der Waals surface area contributed by atoms with Gasteiger partial charge in [-0.25, -0.2) is 4.98 Å². The van der Waals surface area contributed by atoms with Crippen LogP contribution in [0, 0.1) is 0 Å². The standard InChI is InChI=1S/C22H21ClN4O3/c1-26(2)17(14-7-3-5-9-16(14)23)11-24-19(28)12-27-13-25-20-15-8-4-6-10-18(15)30-21(20)22(27)29/h3-10,13,17H,11-12H2,1-2H3,(H,24,28). The van der Waals surface area contributed by atoms with Crippen molar-refractivity contribution < 1.29 is 9.21 Å². The Morgan fingerprint density at radius 1 is 1.20 bits per heavy atom. The maximum atomic E-state index is 12.8. The molecule has 0 aliphatic carbocycles. The monoisotopic (exact) mass is 424 g/mol. The molecule has 2 aromatic carbocycles. The smallest absolute Gasteiger partial charge is 0.297 e. The lowest BCUT2D eigenvalue weighted by atomic mass is 10.1. The summed E-state index contributed by atoms with van der Waals surface area (Å²) in [7, 11) is 3.84. The number of hydrogen-bond acceptors (Lipinski definition) is 5. The van der Waals surface area contributed by atoms with E-state index in [0.29, 0.717) is 22.7 Å². The summed E-state index contributed by atoms with van der Waals surface area (Å²) < 4.78 is 6.91. The number of rotatable bonds is 6. The highest BCUT2D eigenvalue weighted by Gasteiger charge is 2.19. The number of para-hydroxylation sites is 1. The number of aromatic nitrogens is 2. The van der Waals surface area contributed by atoms with Gasteiger partial charge in [-0.05, 0) is 37.9 Å². The van der Waals surface area contributed by atoms with Crippen molar-refractivity contribution in [3.63, 3.8) is 0 Å². The lowest BCUT2D eigenvalue weighted by Gasteiger charge is -2.26. The van der Waals surface area contributed by atoms with Gasteiger partial charge >= 0.3 is 0 Å². The van der Waals surface area contributed by atoms with Gasteiger partial charge in [-0.15, -0.1) is 0 Å². The molecular weight excluding hydrogens is 404 g/mol. The van der Waals surface area contributed by atoms with Crippen LogP contribution in [0.2, 0.25) is 5.02 Å². The topological polar surface area (TPSA) is 80.4 Å². The first kappa shape index (κ1) is 20.1. The molecule has 0 bridgehead atoms. The van der Waals surface area contributed by atoms with Crippen molar-refractivity contribution in [2.45, 2.75) is 12.6 Å². The fourth-order valence-electron chi connectivity index (χ4n) is 3.47. The summed E-state index contributed by atoms with van der Waals surface area (Å²) in [5.74, 6) is -0.298. The van der Waals surface area contributed by atoms with Crippen LogP contribution >= 0.6 is 11.6 Å². The minimum Gasteiger partial charge on any atom is -0.448 e. The quantitative estimate of drug-likeness (QED) is 0.514. The van der Waals surface area contributed by atoms with E-state index < -0.39 is 0 Å². The highest BCUT2D eigenvalue weighted by Crippen LogP contribution is 2.26. The van der Waals surface area contributed by atoms with Crippen molar-refractivity contribution in [1.29, 1.82) is 0 Å². The Morgan fingerprint density at radius 2 is 1.93 bits per heavy atom. The van der Waals surface area contributed by atoms with E-state index in [1.54, 1.807) is 6.07 Å². The summed E-state index contributed by atoms with van der Waals surface area (Å²) in [6, 6.07) is 14.7. The average molecular weight is 425 g/mol. The molecular formula is C22H21ClN4O3. The van der Waals surface area contributed by atoms with Crippen LogP contribution in [0.25, 0.3) is 22.1 Å². The molecule has 0 radical (unpaired) electrons. The number of fused-ring (bicyclic) bond motifs is 3. The zero-order valence-corrected chi connectivity index (χ0v) is 17.4. The summed E-state index contributed by atoms with van der Waals surface area (Å²) in [6.07, 6.45) is 1.38. The second-order valence-corrected chi connectivity index (χ2v) is 7.67. The predicted octanol–water partition coefficient (Wildman–Crippen LogP) is 3.22. The number of furan rings is 1. The highest BCUT2D eigenvalue weighted by molar-refractivity contribution is 6.31.